The van der Waals surface area contributed by atoms with Gasteiger partial charge in [-0.25, -0.2) is 8.42 Å². The summed E-state index contributed by atoms with van der Waals surface area (Å²) in [5, 5.41) is 3.09. The SMILES string of the molecule is CCOc1ccc(S(=O)(=O)N(CC(=O)NC(CC)c2ccc3c(c2)CCCC3)c2ccc(C)cc2)cc1. The molecule has 1 N–H and O–H groups in total. The van der Waals surface area contributed by atoms with E-state index in [4.69, 9.17) is 4.74 Å². The molecule has 0 spiro atoms. The molecule has 196 valence electrons. The van der Waals surface area contributed by atoms with Crippen LogP contribution >= 0.6 is 0 Å². The molecule has 6 nitrogen and oxygen atoms in total. The third kappa shape index (κ3) is 6.34. The Bertz CT molecular complexity index is 1320. The number of sulfonamides is 1. The van der Waals surface area contributed by atoms with Gasteiger partial charge in [-0.15, -0.1) is 0 Å². The number of nitrogens with one attached hydrogen (secondary N) is 1. The van der Waals surface area contributed by atoms with E-state index in [9.17, 15) is 13.2 Å². The highest BCUT2D eigenvalue weighted by Gasteiger charge is 2.28. The van der Waals surface area contributed by atoms with Crippen molar-refractivity contribution in [2.75, 3.05) is 17.5 Å². The molecule has 3 aromatic carbocycles. The number of nitrogens with zero attached hydrogens (tertiary/aromatic N) is 1. The van der Waals surface area contributed by atoms with Crippen molar-refractivity contribution in [3.05, 3.63) is 89.0 Å². The van der Waals surface area contributed by atoms with Crippen molar-refractivity contribution in [1.29, 1.82) is 0 Å². The second-order valence-electron chi connectivity index (χ2n) is 9.52. The predicted molar refractivity (Wildman–Crippen MR) is 148 cm³/mol. The molecule has 1 aliphatic rings. The fraction of sp³-hybridized carbons (Fsp3) is 0.367. The van der Waals surface area contributed by atoms with Gasteiger partial charge >= 0.3 is 0 Å². The van der Waals surface area contributed by atoms with Crippen LogP contribution in [0.4, 0.5) is 5.69 Å². The number of hydrogen-bond donors (Lipinski definition) is 1. The van der Waals surface area contributed by atoms with Gasteiger partial charge in [0, 0.05) is 0 Å². The van der Waals surface area contributed by atoms with Gasteiger partial charge in [-0.3, -0.25) is 9.10 Å². The van der Waals surface area contributed by atoms with E-state index in [-0.39, 0.29) is 23.4 Å². The molecule has 37 heavy (non-hydrogen) atoms. The summed E-state index contributed by atoms with van der Waals surface area (Å²) in [5.41, 5.74) is 5.26. The first-order chi connectivity index (χ1) is 17.8. The van der Waals surface area contributed by atoms with Gasteiger partial charge in [-0.05, 0) is 99.0 Å². The number of aryl methyl sites for hydroxylation is 3. The number of benzene rings is 3. The van der Waals surface area contributed by atoms with Gasteiger partial charge in [0.1, 0.15) is 12.3 Å². The highest BCUT2D eigenvalue weighted by Crippen LogP contribution is 2.28. The minimum Gasteiger partial charge on any atom is -0.494 e. The van der Waals surface area contributed by atoms with Gasteiger partial charge in [0.05, 0.1) is 23.2 Å². The average molecular weight is 521 g/mol. The molecule has 0 aromatic heterocycles. The summed E-state index contributed by atoms with van der Waals surface area (Å²) >= 11 is 0. The van der Waals surface area contributed by atoms with Crippen molar-refractivity contribution in [1.82, 2.24) is 5.32 Å². The largest absolute Gasteiger partial charge is 0.494 e. The van der Waals surface area contributed by atoms with Crippen LogP contribution in [0, 0.1) is 6.92 Å². The number of anilines is 1. The van der Waals surface area contributed by atoms with E-state index in [1.54, 1.807) is 24.3 Å². The third-order valence-electron chi connectivity index (χ3n) is 6.85. The Hall–Kier alpha value is -3.32. The maximum atomic E-state index is 13.7. The molecule has 0 heterocycles. The van der Waals surface area contributed by atoms with E-state index in [1.165, 1.54) is 40.4 Å². The number of amides is 1. The second kappa shape index (κ2) is 11.8. The van der Waals surface area contributed by atoms with Crippen molar-refractivity contribution in [3.8, 4) is 5.75 Å². The zero-order valence-electron chi connectivity index (χ0n) is 21.9. The molecule has 0 saturated heterocycles. The summed E-state index contributed by atoms with van der Waals surface area (Å²) in [5.74, 6) is 0.247. The Morgan fingerprint density at radius 2 is 1.62 bits per heavy atom. The normalized spacial score (nSPS) is 13.9. The molecule has 0 fully saturated rings. The maximum Gasteiger partial charge on any atom is 0.264 e. The first-order valence-corrected chi connectivity index (χ1v) is 14.5. The van der Waals surface area contributed by atoms with Crippen molar-refractivity contribution in [2.45, 2.75) is 63.8 Å². The molecular weight excluding hydrogens is 484 g/mol. The number of ether oxygens (including phenoxy) is 1. The molecular formula is C30H36N2O4S. The smallest absolute Gasteiger partial charge is 0.264 e. The van der Waals surface area contributed by atoms with Crippen molar-refractivity contribution < 1.29 is 17.9 Å². The fourth-order valence-electron chi connectivity index (χ4n) is 4.79. The van der Waals surface area contributed by atoms with Gasteiger partial charge in [0.15, 0.2) is 0 Å². The molecule has 0 bridgehead atoms. The van der Waals surface area contributed by atoms with E-state index in [0.717, 1.165) is 24.0 Å². The predicted octanol–water partition coefficient (Wildman–Crippen LogP) is 5.74. The summed E-state index contributed by atoms with van der Waals surface area (Å²) < 4.78 is 34.1. The topological polar surface area (TPSA) is 75.7 Å². The van der Waals surface area contributed by atoms with E-state index in [1.807, 2.05) is 32.9 Å². The Balaban J connectivity index is 1.58. The Kier molecular flexibility index (Phi) is 8.54. The van der Waals surface area contributed by atoms with Gasteiger partial charge in [-0.2, -0.15) is 0 Å². The highest BCUT2D eigenvalue weighted by atomic mass is 32.2. The number of rotatable bonds is 10. The summed E-state index contributed by atoms with van der Waals surface area (Å²) in [6.07, 6.45) is 5.29. The molecule has 1 unspecified atom stereocenters. The summed E-state index contributed by atoms with van der Waals surface area (Å²) in [6, 6.07) is 19.7. The Morgan fingerprint density at radius 3 is 2.27 bits per heavy atom. The number of hydrogen-bond acceptors (Lipinski definition) is 4. The van der Waals surface area contributed by atoms with Crippen LogP contribution in [0.25, 0.3) is 0 Å². The molecule has 4 rings (SSSR count). The standard InChI is InChI=1S/C30H36N2O4S/c1-4-29(25-13-12-23-8-6-7-9-24(23)20-25)31-30(33)21-32(26-14-10-22(3)11-15-26)37(34,35)28-18-16-27(17-19-28)36-5-2/h10-20,29H,4-9,21H2,1-3H3,(H,31,33). The second-order valence-corrected chi connectivity index (χ2v) is 11.4. The first kappa shape index (κ1) is 26.7. The lowest BCUT2D eigenvalue weighted by molar-refractivity contribution is -0.120. The fourth-order valence-corrected chi connectivity index (χ4v) is 6.21. The molecule has 3 aromatic rings. The van der Waals surface area contributed by atoms with E-state index in [0.29, 0.717) is 24.5 Å². The highest BCUT2D eigenvalue weighted by molar-refractivity contribution is 7.92. The zero-order valence-corrected chi connectivity index (χ0v) is 22.7. The van der Waals surface area contributed by atoms with E-state index < -0.39 is 10.0 Å². The van der Waals surface area contributed by atoms with Crippen LogP contribution < -0.4 is 14.4 Å². The molecule has 7 heteroatoms. The van der Waals surface area contributed by atoms with Gasteiger partial charge in [0.25, 0.3) is 10.0 Å². The van der Waals surface area contributed by atoms with Crippen molar-refractivity contribution in [3.63, 3.8) is 0 Å². The Labute approximate surface area is 220 Å². The van der Waals surface area contributed by atoms with Crippen LogP contribution in [0.5, 0.6) is 5.75 Å². The van der Waals surface area contributed by atoms with Crippen LogP contribution in [-0.2, 0) is 27.7 Å². The first-order valence-electron chi connectivity index (χ1n) is 13.0. The van der Waals surface area contributed by atoms with Crippen molar-refractivity contribution in [2.24, 2.45) is 0 Å². The maximum absolute atomic E-state index is 13.7. The molecule has 0 aliphatic heterocycles. The van der Waals surface area contributed by atoms with Crippen LogP contribution in [0.1, 0.15) is 61.4 Å². The van der Waals surface area contributed by atoms with Crippen LogP contribution in [-0.4, -0.2) is 27.5 Å². The van der Waals surface area contributed by atoms with Gasteiger partial charge in [-0.1, -0.05) is 42.8 Å². The van der Waals surface area contributed by atoms with Crippen LogP contribution in [0.2, 0.25) is 0 Å². The van der Waals surface area contributed by atoms with E-state index >= 15 is 0 Å². The zero-order chi connectivity index (χ0) is 26.4. The Morgan fingerprint density at radius 1 is 0.946 bits per heavy atom. The molecule has 1 amide bonds. The average Bonchev–Trinajstić information content (AvgIpc) is 2.91. The lowest BCUT2D eigenvalue weighted by atomic mass is 9.89. The van der Waals surface area contributed by atoms with Gasteiger partial charge < -0.3 is 10.1 Å². The van der Waals surface area contributed by atoms with Crippen LogP contribution in [0.3, 0.4) is 0 Å². The lowest BCUT2D eigenvalue weighted by Crippen LogP contribution is -2.42. The lowest BCUT2D eigenvalue weighted by Gasteiger charge is -2.26. The minimum absolute atomic E-state index is 0.103. The molecule has 1 aliphatic carbocycles. The van der Waals surface area contributed by atoms with Gasteiger partial charge in [0.2, 0.25) is 5.91 Å². The molecule has 0 saturated carbocycles. The minimum atomic E-state index is -4.00. The molecule has 0 radical (unpaired) electrons. The summed E-state index contributed by atoms with van der Waals surface area (Å²) in [6.45, 7) is 6.01. The van der Waals surface area contributed by atoms with E-state index in [2.05, 4.69) is 23.5 Å². The molecule has 1 atom stereocenters. The third-order valence-corrected chi connectivity index (χ3v) is 8.64. The summed E-state index contributed by atoms with van der Waals surface area (Å²) in [4.78, 5) is 13.4. The van der Waals surface area contributed by atoms with Crippen molar-refractivity contribution >= 4 is 21.6 Å². The number of carbonyl (C=O) groups excluding carboxylic acids is 1. The van der Waals surface area contributed by atoms with Crippen LogP contribution in [0.15, 0.2) is 71.6 Å². The number of fused-ring (bicyclic) bond motifs is 1. The summed E-state index contributed by atoms with van der Waals surface area (Å²) in [7, 11) is -4.00. The quantitative estimate of drug-likeness (QED) is 0.370. The number of carbonyl (C=O) groups is 1. The monoisotopic (exact) mass is 520 g/mol.